The molecule has 1 aliphatic carbocycles. The van der Waals surface area contributed by atoms with Crippen molar-refractivity contribution in [2.24, 2.45) is 5.41 Å². The number of rotatable bonds is 6. The largest absolute Gasteiger partial charge is 0.424 e. The van der Waals surface area contributed by atoms with Crippen LogP contribution in [0.3, 0.4) is 0 Å². The van der Waals surface area contributed by atoms with Crippen LogP contribution in [0, 0.1) is 15.5 Å². The van der Waals surface area contributed by atoms with Crippen LogP contribution >= 0.6 is 0 Å². The lowest BCUT2D eigenvalue weighted by molar-refractivity contribution is -0.384. The summed E-state index contributed by atoms with van der Waals surface area (Å²) in [6.07, 6.45) is 4.90. The predicted molar refractivity (Wildman–Crippen MR) is 75.7 cm³/mol. The van der Waals surface area contributed by atoms with Crippen LogP contribution in [0.4, 0.5) is 11.7 Å². The molecule has 1 heterocycles. The fraction of sp³-hybridized carbons (Fsp3) is 0.500. The van der Waals surface area contributed by atoms with E-state index in [9.17, 15) is 10.1 Å². The van der Waals surface area contributed by atoms with Crippen molar-refractivity contribution in [3.8, 4) is 0 Å². The Bertz CT molecular complexity index is 646. The second-order valence-corrected chi connectivity index (χ2v) is 5.53. The molecule has 3 rings (SSSR count). The van der Waals surface area contributed by atoms with E-state index >= 15 is 0 Å². The Hall–Kier alpha value is -2.11. The molecule has 0 atom stereocenters. The molecule has 0 spiro atoms. The molecule has 2 aromatic rings. The van der Waals surface area contributed by atoms with Crippen LogP contribution in [-0.2, 0) is 0 Å². The number of aromatic nitrogens is 1. The minimum absolute atomic E-state index is 0.0296. The van der Waals surface area contributed by atoms with Crippen LogP contribution in [0.2, 0.25) is 0 Å². The summed E-state index contributed by atoms with van der Waals surface area (Å²) in [6.45, 7) is 3.05. The number of hydrogen-bond acceptors (Lipinski definition) is 5. The molecule has 1 aromatic heterocycles. The van der Waals surface area contributed by atoms with Crippen LogP contribution in [0.1, 0.15) is 32.6 Å². The normalized spacial score (nSPS) is 16.2. The highest BCUT2D eigenvalue weighted by Crippen LogP contribution is 2.49. The number of benzene rings is 1. The Kier molecular flexibility index (Phi) is 3.08. The summed E-state index contributed by atoms with van der Waals surface area (Å²) in [4.78, 5) is 14.6. The van der Waals surface area contributed by atoms with Crippen molar-refractivity contribution in [3.05, 3.63) is 28.3 Å². The number of oxazole rings is 1. The highest BCUT2D eigenvalue weighted by Gasteiger charge is 2.41. The van der Waals surface area contributed by atoms with E-state index in [2.05, 4.69) is 17.2 Å². The molecule has 1 N–H and O–H groups in total. The zero-order valence-electron chi connectivity index (χ0n) is 11.4. The predicted octanol–water partition coefficient (Wildman–Crippen LogP) is 3.73. The van der Waals surface area contributed by atoms with Crippen LogP contribution in [0.25, 0.3) is 11.1 Å². The molecule has 1 fully saturated rings. The summed E-state index contributed by atoms with van der Waals surface area (Å²) in [5.41, 5.74) is 1.52. The average molecular weight is 275 g/mol. The van der Waals surface area contributed by atoms with Crippen LogP contribution in [-0.4, -0.2) is 16.5 Å². The Morgan fingerprint density at radius 3 is 2.95 bits per heavy atom. The first-order valence-corrected chi connectivity index (χ1v) is 6.91. The maximum absolute atomic E-state index is 10.7. The fourth-order valence-electron chi connectivity index (χ4n) is 2.59. The van der Waals surface area contributed by atoms with Gasteiger partial charge in [0.25, 0.3) is 11.7 Å². The Balaban J connectivity index is 1.74. The number of hydrogen-bond donors (Lipinski definition) is 1. The van der Waals surface area contributed by atoms with Crippen molar-refractivity contribution in [1.29, 1.82) is 0 Å². The molecular formula is C14H17N3O3. The highest BCUT2D eigenvalue weighted by atomic mass is 16.6. The third kappa shape index (κ3) is 2.45. The number of anilines is 1. The van der Waals surface area contributed by atoms with Gasteiger partial charge in [0, 0.05) is 18.7 Å². The first kappa shape index (κ1) is 12.9. The highest BCUT2D eigenvalue weighted by molar-refractivity contribution is 5.77. The standard InChI is InChI=1S/C14H17N3O3/c1-2-5-14(6-7-14)9-15-13-16-11-8-10(17(18)19)3-4-12(11)20-13/h3-4,8H,2,5-7,9H2,1H3,(H,15,16). The second-order valence-electron chi connectivity index (χ2n) is 5.53. The van der Waals surface area contributed by atoms with Crippen molar-refractivity contribution < 1.29 is 9.34 Å². The second kappa shape index (κ2) is 4.77. The lowest BCUT2D eigenvalue weighted by atomic mass is 10.0. The summed E-state index contributed by atoms with van der Waals surface area (Å²) in [6, 6.07) is 4.90. The van der Waals surface area contributed by atoms with Crippen LogP contribution in [0.15, 0.2) is 22.6 Å². The van der Waals surface area contributed by atoms with E-state index in [-0.39, 0.29) is 5.69 Å². The van der Waals surface area contributed by atoms with E-state index in [0.717, 1.165) is 6.54 Å². The molecule has 6 nitrogen and oxygen atoms in total. The van der Waals surface area contributed by atoms with Gasteiger partial charge in [0.05, 0.1) is 4.92 Å². The first-order valence-electron chi connectivity index (χ1n) is 6.91. The van der Waals surface area contributed by atoms with Gasteiger partial charge in [-0.1, -0.05) is 13.3 Å². The molecule has 0 amide bonds. The minimum atomic E-state index is -0.429. The molecule has 0 aliphatic heterocycles. The molecule has 106 valence electrons. The van der Waals surface area contributed by atoms with Crippen LogP contribution in [0.5, 0.6) is 0 Å². The Labute approximate surface area is 116 Å². The third-order valence-electron chi connectivity index (χ3n) is 3.93. The molecule has 0 saturated heterocycles. The van der Waals surface area contributed by atoms with Gasteiger partial charge in [-0.05, 0) is 30.7 Å². The molecule has 1 aliphatic rings. The van der Waals surface area contributed by atoms with E-state index in [4.69, 9.17) is 4.42 Å². The fourth-order valence-corrected chi connectivity index (χ4v) is 2.59. The molecule has 1 saturated carbocycles. The van der Waals surface area contributed by atoms with Crippen molar-refractivity contribution in [2.75, 3.05) is 11.9 Å². The smallest absolute Gasteiger partial charge is 0.295 e. The number of nitrogens with one attached hydrogen (secondary N) is 1. The van der Waals surface area contributed by atoms with Gasteiger partial charge in [0.1, 0.15) is 5.52 Å². The Morgan fingerprint density at radius 1 is 1.50 bits per heavy atom. The summed E-state index contributed by atoms with van der Waals surface area (Å²) in [7, 11) is 0. The topological polar surface area (TPSA) is 81.2 Å². The summed E-state index contributed by atoms with van der Waals surface area (Å²) in [5, 5.41) is 13.9. The maximum Gasteiger partial charge on any atom is 0.295 e. The number of nitrogens with zero attached hydrogens (tertiary/aromatic N) is 2. The number of nitro benzene ring substituents is 1. The van der Waals surface area contributed by atoms with Crippen molar-refractivity contribution >= 4 is 22.8 Å². The van der Waals surface area contributed by atoms with Crippen LogP contribution < -0.4 is 5.32 Å². The summed E-state index contributed by atoms with van der Waals surface area (Å²) < 4.78 is 5.56. The minimum Gasteiger partial charge on any atom is -0.424 e. The number of fused-ring (bicyclic) bond motifs is 1. The Morgan fingerprint density at radius 2 is 2.30 bits per heavy atom. The van der Waals surface area contributed by atoms with E-state index in [1.165, 1.54) is 37.8 Å². The van der Waals surface area contributed by atoms with Gasteiger partial charge >= 0.3 is 0 Å². The molecule has 1 aromatic carbocycles. The van der Waals surface area contributed by atoms with E-state index in [1.54, 1.807) is 6.07 Å². The zero-order valence-corrected chi connectivity index (χ0v) is 11.4. The van der Waals surface area contributed by atoms with Crippen molar-refractivity contribution in [1.82, 2.24) is 4.98 Å². The molecular weight excluding hydrogens is 258 g/mol. The van der Waals surface area contributed by atoms with Gasteiger partial charge in [-0.15, -0.1) is 0 Å². The molecule has 20 heavy (non-hydrogen) atoms. The van der Waals surface area contributed by atoms with E-state index in [0.29, 0.717) is 22.5 Å². The quantitative estimate of drug-likeness (QED) is 0.641. The number of nitro groups is 1. The van der Waals surface area contributed by atoms with Crippen molar-refractivity contribution in [3.63, 3.8) is 0 Å². The monoisotopic (exact) mass is 275 g/mol. The maximum atomic E-state index is 10.7. The molecule has 6 heteroatoms. The summed E-state index contributed by atoms with van der Waals surface area (Å²) >= 11 is 0. The van der Waals surface area contributed by atoms with E-state index < -0.39 is 4.92 Å². The molecule has 0 radical (unpaired) electrons. The average Bonchev–Trinajstić information content (AvgIpc) is 3.06. The van der Waals surface area contributed by atoms with Gasteiger partial charge < -0.3 is 9.73 Å². The van der Waals surface area contributed by atoms with Gasteiger partial charge in [-0.3, -0.25) is 10.1 Å². The molecule has 0 bridgehead atoms. The van der Waals surface area contributed by atoms with Gasteiger partial charge in [0.15, 0.2) is 5.58 Å². The summed E-state index contributed by atoms with van der Waals surface area (Å²) in [5.74, 6) is 0. The third-order valence-corrected chi connectivity index (χ3v) is 3.93. The van der Waals surface area contributed by atoms with Gasteiger partial charge in [-0.25, -0.2) is 0 Å². The van der Waals surface area contributed by atoms with Gasteiger partial charge in [0.2, 0.25) is 0 Å². The van der Waals surface area contributed by atoms with E-state index in [1.807, 2.05) is 0 Å². The lowest BCUT2D eigenvalue weighted by Gasteiger charge is -2.13. The SMILES string of the molecule is CCCC1(CNc2nc3cc([N+](=O)[O-])ccc3o2)CC1. The first-order chi connectivity index (χ1) is 9.62. The van der Waals surface area contributed by atoms with Crippen molar-refractivity contribution in [2.45, 2.75) is 32.6 Å². The molecule has 0 unspecified atom stereocenters. The zero-order chi connectivity index (χ0) is 14.2. The number of non-ortho nitro benzene ring substituents is 1. The van der Waals surface area contributed by atoms with Gasteiger partial charge in [-0.2, -0.15) is 4.98 Å². The lowest BCUT2D eigenvalue weighted by Crippen LogP contribution is -2.15.